The van der Waals surface area contributed by atoms with Gasteiger partial charge in [0.15, 0.2) is 0 Å². The minimum atomic E-state index is -1.52. The molecule has 2 aromatic carbocycles. The summed E-state index contributed by atoms with van der Waals surface area (Å²) in [5, 5.41) is 8.95. The van der Waals surface area contributed by atoms with Crippen LogP contribution in [0.5, 0.6) is 0 Å². The molecule has 1 amide bonds. The highest BCUT2D eigenvalue weighted by Gasteiger charge is 2.38. The molecule has 1 saturated heterocycles. The highest BCUT2D eigenvalue weighted by Crippen LogP contribution is 2.43. The first-order valence-electron chi connectivity index (χ1n) is 11.1. The number of nitrogens with zero attached hydrogens (tertiary/aromatic N) is 2. The molecule has 6 heteroatoms. The van der Waals surface area contributed by atoms with Crippen molar-refractivity contribution in [1.29, 1.82) is 5.26 Å². The van der Waals surface area contributed by atoms with E-state index in [1.165, 1.54) is 7.11 Å². The van der Waals surface area contributed by atoms with Gasteiger partial charge in [0.25, 0.3) is 5.91 Å². The Balaban J connectivity index is 1.56. The number of methoxy groups -OCH3 is 1. The fourth-order valence-electron chi connectivity index (χ4n) is 4.54. The van der Waals surface area contributed by atoms with Gasteiger partial charge in [-0.05, 0) is 60.1 Å². The summed E-state index contributed by atoms with van der Waals surface area (Å²) in [6, 6.07) is 12.3. The van der Waals surface area contributed by atoms with Gasteiger partial charge in [0, 0.05) is 31.5 Å². The summed E-state index contributed by atoms with van der Waals surface area (Å²) < 4.78 is 20.6. The average Bonchev–Trinajstić information content (AvgIpc) is 3.68. The van der Waals surface area contributed by atoms with E-state index in [2.05, 4.69) is 0 Å². The van der Waals surface area contributed by atoms with Crippen LogP contribution in [0.2, 0.25) is 0 Å². The van der Waals surface area contributed by atoms with Crippen molar-refractivity contribution in [2.24, 2.45) is 0 Å². The summed E-state index contributed by atoms with van der Waals surface area (Å²) in [5.74, 6) is -0.241. The minimum Gasteiger partial charge on any atom is -0.465 e. The number of carbonyl (C=O) groups is 2. The Morgan fingerprint density at radius 1 is 1.16 bits per heavy atom. The Morgan fingerprint density at radius 3 is 2.34 bits per heavy atom. The van der Waals surface area contributed by atoms with E-state index >= 15 is 4.39 Å². The minimum absolute atomic E-state index is 0.170. The summed E-state index contributed by atoms with van der Waals surface area (Å²) in [5.41, 5.74) is 2.35. The number of amides is 1. The van der Waals surface area contributed by atoms with Crippen LogP contribution in [-0.4, -0.2) is 37.0 Å². The summed E-state index contributed by atoms with van der Waals surface area (Å²) in [4.78, 5) is 27.4. The van der Waals surface area contributed by atoms with Crippen molar-refractivity contribution in [3.05, 3.63) is 69.8 Å². The SMILES string of the molecule is CCc1cc(C2CC2)c(C(=O)OC)cc1C(=O)N1CCC(F)(c2ccc(C#N)cc2)CC1. The van der Waals surface area contributed by atoms with Crippen molar-refractivity contribution in [2.45, 2.75) is 50.6 Å². The van der Waals surface area contributed by atoms with Gasteiger partial charge in [0.05, 0.1) is 24.3 Å². The zero-order chi connectivity index (χ0) is 22.9. The molecule has 2 fully saturated rings. The lowest BCUT2D eigenvalue weighted by atomic mass is 9.85. The third kappa shape index (κ3) is 4.12. The molecule has 0 atom stereocenters. The summed E-state index contributed by atoms with van der Waals surface area (Å²) >= 11 is 0. The topological polar surface area (TPSA) is 70.4 Å². The van der Waals surface area contributed by atoms with E-state index in [-0.39, 0.29) is 31.8 Å². The van der Waals surface area contributed by atoms with Gasteiger partial charge < -0.3 is 9.64 Å². The van der Waals surface area contributed by atoms with Gasteiger partial charge in [0.1, 0.15) is 5.67 Å². The largest absolute Gasteiger partial charge is 0.465 e. The van der Waals surface area contributed by atoms with E-state index in [0.717, 1.165) is 24.0 Å². The molecule has 32 heavy (non-hydrogen) atoms. The predicted molar refractivity (Wildman–Crippen MR) is 118 cm³/mol. The highest BCUT2D eigenvalue weighted by atomic mass is 19.1. The van der Waals surface area contributed by atoms with E-state index in [1.807, 2.05) is 19.1 Å². The normalized spacial score (nSPS) is 17.5. The number of alkyl halides is 1. The maximum absolute atomic E-state index is 15.6. The first kappa shape index (κ1) is 22.0. The first-order chi connectivity index (χ1) is 15.4. The van der Waals surface area contributed by atoms with Crippen molar-refractivity contribution in [1.82, 2.24) is 4.90 Å². The van der Waals surface area contributed by atoms with Crippen molar-refractivity contribution < 1.29 is 18.7 Å². The molecule has 0 unspecified atom stereocenters. The number of ether oxygens (including phenoxy) is 1. The Morgan fingerprint density at radius 2 is 1.81 bits per heavy atom. The van der Waals surface area contributed by atoms with Crippen molar-refractivity contribution in [3.63, 3.8) is 0 Å². The van der Waals surface area contributed by atoms with Crippen LogP contribution in [0.25, 0.3) is 0 Å². The molecule has 1 aliphatic heterocycles. The maximum atomic E-state index is 15.6. The quantitative estimate of drug-likeness (QED) is 0.629. The molecule has 2 aliphatic rings. The Hall–Kier alpha value is -3.20. The van der Waals surface area contributed by atoms with Gasteiger partial charge in [-0.15, -0.1) is 0 Å². The lowest BCUT2D eigenvalue weighted by Crippen LogP contribution is -2.43. The van der Waals surface area contributed by atoms with Gasteiger partial charge in [-0.1, -0.05) is 25.1 Å². The zero-order valence-corrected chi connectivity index (χ0v) is 18.5. The molecular formula is C26H27FN2O3. The first-order valence-corrected chi connectivity index (χ1v) is 11.1. The van der Waals surface area contributed by atoms with E-state index < -0.39 is 11.6 Å². The molecule has 1 heterocycles. The average molecular weight is 435 g/mol. The van der Waals surface area contributed by atoms with Crippen LogP contribution < -0.4 is 0 Å². The molecule has 2 aromatic rings. The molecule has 0 bridgehead atoms. The van der Waals surface area contributed by atoms with Gasteiger partial charge in [-0.3, -0.25) is 4.79 Å². The lowest BCUT2D eigenvalue weighted by Gasteiger charge is -2.37. The third-order valence-corrected chi connectivity index (χ3v) is 6.68. The lowest BCUT2D eigenvalue weighted by molar-refractivity contribution is 0.0420. The second-order valence-electron chi connectivity index (χ2n) is 8.66. The Labute approximate surface area is 187 Å². The molecule has 1 aliphatic carbocycles. The Kier molecular flexibility index (Phi) is 6.01. The number of aryl methyl sites for hydroxylation is 1. The summed E-state index contributed by atoms with van der Waals surface area (Å²) in [6.07, 6.45) is 3.14. The predicted octanol–water partition coefficient (Wildman–Crippen LogP) is 4.89. The van der Waals surface area contributed by atoms with Gasteiger partial charge >= 0.3 is 5.97 Å². The fourth-order valence-corrected chi connectivity index (χ4v) is 4.54. The standard InChI is InChI=1S/C26H27FN2O3/c1-3-18-14-21(19-6-7-19)23(25(31)32-2)15-22(18)24(30)29-12-10-26(27,11-13-29)20-8-4-17(16-28)5-9-20/h4-5,8-9,14-15,19H,3,6-7,10-13H2,1-2H3. The number of carbonyl (C=O) groups excluding carboxylic acids is 2. The Bertz CT molecular complexity index is 1080. The van der Waals surface area contributed by atoms with E-state index in [9.17, 15) is 9.59 Å². The van der Waals surface area contributed by atoms with E-state index in [0.29, 0.717) is 34.6 Å². The number of rotatable bonds is 5. The number of nitriles is 1. The number of benzene rings is 2. The van der Waals surface area contributed by atoms with Crippen LogP contribution in [0, 0.1) is 11.3 Å². The van der Waals surface area contributed by atoms with Gasteiger partial charge in [0.2, 0.25) is 0 Å². The second-order valence-corrected chi connectivity index (χ2v) is 8.66. The molecule has 1 saturated carbocycles. The molecule has 0 aromatic heterocycles. The fraction of sp³-hybridized carbons (Fsp3) is 0.423. The van der Waals surface area contributed by atoms with Crippen molar-refractivity contribution in [2.75, 3.05) is 20.2 Å². The molecule has 0 spiro atoms. The number of halogens is 1. The maximum Gasteiger partial charge on any atom is 0.338 e. The molecule has 0 radical (unpaired) electrons. The van der Waals surface area contributed by atoms with E-state index in [1.54, 1.807) is 35.2 Å². The van der Waals surface area contributed by atoms with Crippen LogP contribution in [0.3, 0.4) is 0 Å². The number of hydrogen-bond donors (Lipinski definition) is 0. The van der Waals surface area contributed by atoms with Crippen LogP contribution in [0.15, 0.2) is 36.4 Å². The number of hydrogen-bond acceptors (Lipinski definition) is 4. The number of esters is 1. The zero-order valence-electron chi connectivity index (χ0n) is 18.5. The molecule has 166 valence electrons. The van der Waals surface area contributed by atoms with Crippen molar-refractivity contribution >= 4 is 11.9 Å². The second kappa shape index (κ2) is 8.74. The number of piperidine rings is 1. The smallest absolute Gasteiger partial charge is 0.338 e. The van der Waals surface area contributed by atoms with Crippen molar-refractivity contribution in [3.8, 4) is 6.07 Å². The molecule has 4 rings (SSSR count). The molecule has 0 N–H and O–H groups in total. The van der Waals surface area contributed by atoms with E-state index in [4.69, 9.17) is 10.00 Å². The van der Waals surface area contributed by atoms with Crippen LogP contribution >= 0.6 is 0 Å². The van der Waals surface area contributed by atoms with Crippen LogP contribution in [-0.2, 0) is 16.8 Å². The molecule has 5 nitrogen and oxygen atoms in total. The van der Waals surface area contributed by atoms with Gasteiger partial charge in [-0.2, -0.15) is 5.26 Å². The molecular weight excluding hydrogens is 407 g/mol. The van der Waals surface area contributed by atoms with Crippen LogP contribution in [0.1, 0.15) is 81.5 Å². The van der Waals surface area contributed by atoms with Crippen LogP contribution in [0.4, 0.5) is 4.39 Å². The summed E-state index contributed by atoms with van der Waals surface area (Å²) in [7, 11) is 1.35. The summed E-state index contributed by atoms with van der Waals surface area (Å²) in [6.45, 7) is 2.57. The number of likely N-dealkylation sites (tertiary alicyclic amines) is 1. The third-order valence-electron chi connectivity index (χ3n) is 6.68. The van der Waals surface area contributed by atoms with Gasteiger partial charge in [-0.25, -0.2) is 9.18 Å². The highest BCUT2D eigenvalue weighted by molar-refractivity contribution is 6.00. The monoisotopic (exact) mass is 434 g/mol.